The molecular formula is C23H28N6S. The summed E-state index contributed by atoms with van der Waals surface area (Å²) in [6, 6.07) is 8.29. The first-order valence-electron chi connectivity index (χ1n) is 10.6. The molecule has 156 valence electrons. The minimum atomic E-state index is 0.351. The Labute approximate surface area is 182 Å². The second-order valence-corrected chi connectivity index (χ2v) is 8.78. The van der Waals surface area contributed by atoms with Gasteiger partial charge in [-0.25, -0.2) is 9.97 Å². The van der Waals surface area contributed by atoms with Crippen LogP contribution in [0.15, 0.2) is 29.8 Å². The second-order valence-electron chi connectivity index (χ2n) is 7.92. The van der Waals surface area contributed by atoms with Crippen molar-refractivity contribution in [2.24, 2.45) is 0 Å². The van der Waals surface area contributed by atoms with E-state index in [9.17, 15) is 0 Å². The van der Waals surface area contributed by atoms with Crippen LogP contribution in [0.25, 0.3) is 0 Å². The Morgan fingerprint density at radius 2 is 2.20 bits per heavy atom. The third-order valence-corrected chi connectivity index (χ3v) is 6.63. The van der Waals surface area contributed by atoms with E-state index in [1.165, 1.54) is 23.4 Å². The summed E-state index contributed by atoms with van der Waals surface area (Å²) in [5, 5.41) is 15.3. The fourth-order valence-corrected chi connectivity index (χ4v) is 5.11. The lowest BCUT2D eigenvalue weighted by atomic mass is 10.1. The fourth-order valence-electron chi connectivity index (χ4n) is 4.34. The average Bonchev–Trinajstić information content (AvgIpc) is 3.45. The number of aryl methyl sites for hydroxylation is 1. The van der Waals surface area contributed by atoms with Gasteiger partial charge in [0.05, 0.1) is 23.4 Å². The number of likely N-dealkylation sites (tertiary alicyclic amines) is 1. The molecule has 0 radical (unpaired) electrons. The van der Waals surface area contributed by atoms with Crippen LogP contribution < -0.4 is 5.32 Å². The molecule has 0 bridgehead atoms. The van der Waals surface area contributed by atoms with E-state index in [1.807, 2.05) is 0 Å². The van der Waals surface area contributed by atoms with Crippen LogP contribution in [-0.4, -0.2) is 26.0 Å². The van der Waals surface area contributed by atoms with E-state index >= 15 is 0 Å². The van der Waals surface area contributed by atoms with Gasteiger partial charge in [0.2, 0.25) is 0 Å². The number of rotatable bonds is 7. The lowest BCUT2D eigenvalue weighted by molar-refractivity contribution is 0.244. The number of nitriles is 1. The Morgan fingerprint density at radius 3 is 3.00 bits per heavy atom. The first kappa shape index (κ1) is 20.6. The second kappa shape index (κ2) is 8.99. The van der Waals surface area contributed by atoms with Gasteiger partial charge in [0.1, 0.15) is 5.82 Å². The topological polar surface area (TPSA) is 69.8 Å². The molecule has 0 saturated carbocycles. The molecule has 30 heavy (non-hydrogen) atoms. The molecule has 0 amide bonds. The molecular weight excluding hydrogens is 392 g/mol. The maximum atomic E-state index is 9.07. The quantitative estimate of drug-likeness (QED) is 0.560. The highest BCUT2D eigenvalue weighted by atomic mass is 32.1. The fraction of sp³-hybridized carbons (Fsp3) is 0.435. The number of hydrogen-bond donors (Lipinski definition) is 1. The average molecular weight is 421 g/mol. The van der Waals surface area contributed by atoms with Crippen LogP contribution in [0.5, 0.6) is 0 Å². The van der Waals surface area contributed by atoms with E-state index in [0.717, 1.165) is 43.3 Å². The Balaban J connectivity index is 1.48. The van der Waals surface area contributed by atoms with Crippen LogP contribution in [0.1, 0.15) is 60.4 Å². The van der Waals surface area contributed by atoms with Gasteiger partial charge in [-0.05, 0) is 63.4 Å². The molecule has 0 spiro atoms. The summed E-state index contributed by atoms with van der Waals surface area (Å²) in [4.78, 5) is 11.7. The largest absolute Gasteiger partial charge is 0.349 e. The molecule has 7 heteroatoms. The molecule has 1 N–H and O–H groups in total. The molecule has 3 aromatic rings. The summed E-state index contributed by atoms with van der Waals surface area (Å²) in [5.74, 6) is 0.654. The first-order valence-corrected chi connectivity index (χ1v) is 11.4. The maximum absolute atomic E-state index is 9.07. The molecule has 0 aliphatic carbocycles. The van der Waals surface area contributed by atoms with Gasteiger partial charge in [0, 0.05) is 36.1 Å². The van der Waals surface area contributed by atoms with E-state index < -0.39 is 0 Å². The zero-order valence-electron chi connectivity index (χ0n) is 17.9. The SMILES string of the molecule is CCCn1c(C)cc(CN2CCC[C@@H]2c2csc(Nc3cc(C#N)ccn3)n2)c1C. The van der Waals surface area contributed by atoms with Crippen molar-refractivity contribution in [1.82, 2.24) is 19.4 Å². The number of nitrogens with zero attached hydrogens (tertiary/aromatic N) is 5. The highest BCUT2D eigenvalue weighted by molar-refractivity contribution is 7.13. The van der Waals surface area contributed by atoms with Crippen LogP contribution in [0.2, 0.25) is 0 Å². The Hall–Kier alpha value is -2.69. The predicted molar refractivity (Wildman–Crippen MR) is 121 cm³/mol. The van der Waals surface area contributed by atoms with Crippen molar-refractivity contribution < 1.29 is 0 Å². The van der Waals surface area contributed by atoms with Crippen molar-refractivity contribution in [2.75, 3.05) is 11.9 Å². The van der Waals surface area contributed by atoms with Crippen molar-refractivity contribution in [1.29, 1.82) is 5.26 Å². The van der Waals surface area contributed by atoms with E-state index in [4.69, 9.17) is 10.2 Å². The van der Waals surface area contributed by atoms with E-state index in [-0.39, 0.29) is 0 Å². The number of pyridine rings is 1. The predicted octanol–water partition coefficient (Wildman–Crippen LogP) is 5.32. The van der Waals surface area contributed by atoms with Crippen LogP contribution >= 0.6 is 11.3 Å². The summed E-state index contributed by atoms with van der Waals surface area (Å²) in [5.41, 5.74) is 5.89. The van der Waals surface area contributed by atoms with Crippen LogP contribution in [0.4, 0.5) is 10.9 Å². The molecule has 1 aliphatic rings. The van der Waals surface area contributed by atoms with E-state index in [0.29, 0.717) is 17.4 Å². The van der Waals surface area contributed by atoms with Crippen molar-refractivity contribution >= 4 is 22.3 Å². The lowest BCUT2D eigenvalue weighted by Crippen LogP contribution is -2.23. The van der Waals surface area contributed by atoms with Crippen LogP contribution in [0, 0.1) is 25.2 Å². The van der Waals surface area contributed by atoms with Crippen LogP contribution in [-0.2, 0) is 13.1 Å². The van der Waals surface area contributed by atoms with Gasteiger partial charge >= 0.3 is 0 Å². The number of aromatic nitrogens is 3. The molecule has 0 aromatic carbocycles. The van der Waals surface area contributed by atoms with Crippen molar-refractivity contribution in [3.8, 4) is 6.07 Å². The van der Waals surface area contributed by atoms with Gasteiger partial charge in [-0.2, -0.15) is 5.26 Å². The number of thiazole rings is 1. The number of nitrogens with one attached hydrogen (secondary N) is 1. The molecule has 1 aliphatic heterocycles. The van der Waals surface area contributed by atoms with E-state index in [2.05, 4.69) is 58.1 Å². The van der Waals surface area contributed by atoms with Gasteiger partial charge in [0.15, 0.2) is 5.13 Å². The molecule has 6 nitrogen and oxygen atoms in total. The molecule has 1 saturated heterocycles. The minimum absolute atomic E-state index is 0.351. The van der Waals surface area contributed by atoms with Crippen molar-refractivity contribution in [2.45, 2.75) is 59.2 Å². The smallest absolute Gasteiger partial charge is 0.188 e. The maximum Gasteiger partial charge on any atom is 0.188 e. The van der Waals surface area contributed by atoms with Crippen molar-refractivity contribution in [3.63, 3.8) is 0 Å². The molecule has 0 unspecified atom stereocenters. The van der Waals surface area contributed by atoms with Gasteiger partial charge < -0.3 is 9.88 Å². The summed E-state index contributed by atoms with van der Waals surface area (Å²) < 4.78 is 2.44. The summed E-state index contributed by atoms with van der Waals surface area (Å²) in [7, 11) is 0. The highest BCUT2D eigenvalue weighted by Gasteiger charge is 2.29. The van der Waals surface area contributed by atoms with Crippen molar-refractivity contribution in [3.05, 3.63) is 58.0 Å². The lowest BCUT2D eigenvalue weighted by Gasteiger charge is -2.23. The summed E-state index contributed by atoms with van der Waals surface area (Å²) in [6.45, 7) is 9.85. The third-order valence-electron chi connectivity index (χ3n) is 5.85. The standard InChI is InChI=1S/C23H28N6S/c1-4-9-29-16(2)11-19(17(29)3)14-28-10-5-6-21(28)20-15-30-23(26-20)27-22-12-18(13-24)7-8-25-22/h7-8,11-12,15,21H,4-6,9-10,14H2,1-3H3,(H,25,26,27)/t21-/m1/s1. The molecule has 1 fully saturated rings. The molecule has 4 heterocycles. The normalized spacial score (nSPS) is 16.7. The molecule has 3 aromatic heterocycles. The van der Waals surface area contributed by atoms with Crippen LogP contribution in [0.3, 0.4) is 0 Å². The number of anilines is 2. The van der Waals surface area contributed by atoms with Gasteiger partial charge in [-0.1, -0.05) is 6.92 Å². The monoisotopic (exact) mass is 420 g/mol. The Morgan fingerprint density at radius 1 is 1.33 bits per heavy atom. The molecule has 1 atom stereocenters. The zero-order chi connectivity index (χ0) is 21.1. The first-order chi connectivity index (χ1) is 14.6. The third kappa shape index (κ3) is 4.25. The summed E-state index contributed by atoms with van der Waals surface area (Å²) >= 11 is 1.59. The van der Waals surface area contributed by atoms with Gasteiger partial charge in [-0.15, -0.1) is 11.3 Å². The minimum Gasteiger partial charge on any atom is -0.349 e. The zero-order valence-corrected chi connectivity index (χ0v) is 18.7. The number of hydrogen-bond acceptors (Lipinski definition) is 6. The van der Waals surface area contributed by atoms with Gasteiger partial charge in [-0.3, -0.25) is 4.90 Å². The van der Waals surface area contributed by atoms with E-state index in [1.54, 1.807) is 29.7 Å². The summed E-state index contributed by atoms with van der Waals surface area (Å²) in [6.07, 6.45) is 5.13. The highest BCUT2D eigenvalue weighted by Crippen LogP contribution is 2.35. The van der Waals surface area contributed by atoms with Gasteiger partial charge in [0.25, 0.3) is 0 Å². The Kier molecular flexibility index (Phi) is 6.16. The Bertz CT molecular complexity index is 1060. The molecule has 4 rings (SSSR count).